The van der Waals surface area contributed by atoms with E-state index in [2.05, 4.69) is 19.2 Å². The minimum Gasteiger partial charge on any atom is -0.486 e. The fraction of sp³-hybridized carbons (Fsp3) is 0.600. The summed E-state index contributed by atoms with van der Waals surface area (Å²) in [6.07, 6.45) is 2.64. The third-order valence-electron chi connectivity index (χ3n) is 3.21. The third-order valence-corrected chi connectivity index (χ3v) is 3.21. The first-order valence-corrected chi connectivity index (χ1v) is 6.88. The second-order valence-electron chi connectivity index (χ2n) is 5.05. The van der Waals surface area contributed by atoms with Gasteiger partial charge < -0.3 is 14.8 Å². The molecule has 3 heteroatoms. The van der Waals surface area contributed by atoms with Crippen LogP contribution in [0.3, 0.4) is 0 Å². The molecule has 0 saturated carbocycles. The van der Waals surface area contributed by atoms with Gasteiger partial charge in [-0.15, -0.1) is 0 Å². The van der Waals surface area contributed by atoms with Crippen LogP contribution in [0.2, 0.25) is 0 Å². The topological polar surface area (TPSA) is 30.5 Å². The van der Waals surface area contributed by atoms with Crippen molar-refractivity contribution in [1.29, 1.82) is 0 Å². The summed E-state index contributed by atoms with van der Waals surface area (Å²) in [4.78, 5) is 0. The highest BCUT2D eigenvalue weighted by atomic mass is 16.6. The Labute approximate surface area is 109 Å². The molecule has 0 amide bonds. The first-order chi connectivity index (χ1) is 8.79. The zero-order chi connectivity index (χ0) is 12.8. The highest BCUT2D eigenvalue weighted by Gasteiger charge is 2.20. The molecule has 1 aromatic carbocycles. The number of nitrogens with one attached hydrogen (secondary N) is 1. The molecule has 0 spiro atoms. The molecule has 1 aromatic rings. The molecule has 0 radical (unpaired) electrons. The van der Waals surface area contributed by atoms with Crippen LogP contribution >= 0.6 is 0 Å². The highest BCUT2D eigenvalue weighted by molar-refractivity contribution is 5.40. The summed E-state index contributed by atoms with van der Waals surface area (Å²) in [5, 5.41) is 3.47. The van der Waals surface area contributed by atoms with Crippen LogP contribution < -0.4 is 14.8 Å². The van der Waals surface area contributed by atoms with Crippen molar-refractivity contribution < 1.29 is 9.47 Å². The van der Waals surface area contributed by atoms with Gasteiger partial charge in [0.1, 0.15) is 12.7 Å². The maximum absolute atomic E-state index is 5.89. The molecule has 0 fully saturated rings. The third kappa shape index (κ3) is 3.64. The quantitative estimate of drug-likeness (QED) is 0.841. The number of hydrogen-bond acceptors (Lipinski definition) is 3. The van der Waals surface area contributed by atoms with Gasteiger partial charge in [0.25, 0.3) is 0 Å². The van der Waals surface area contributed by atoms with E-state index < -0.39 is 0 Å². The predicted octanol–water partition coefficient (Wildman–Crippen LogP) is 2.85. The van der Waals surface area contributed by atoms with Gasteiger partial charge in [-0.2, -0.15) is 0 Å². The number of hydrogen-bond donors (Lipinski definition) is 1. The molecule has 1 aliphatic heterocycles. The van der Waals surface area contributed by atoms with E-state index in [9.17, 15) is 0 Å². The predicted molar refractivity (Wildman–Crippen MR) is 73.3 cm³/mol. The van der Waals surface area contributed by atoms with E-state index in [1.54, 1.807) is 0 Å². The second-order valence-corrected chi connectivity index (χ2v) is 5.05. The van der Waals surface area contributed by atoms with E-state index in [1.165, 1.54) is 12.8 Å². The molecule has 3 nitrogen and oxygen atoms in total. The largest absolute Gasteiger partial charge is 0.486 e. The lowest BCUT2D eigenvalue weighted by Gasteiger charge is -2.27. The summed E-state index contributed by atoms with van der Waals surface area (Å²) in [5.74, 6) is 2.44. The van der Waals surface area contributed by atoms with Crippen LogP contribution in [0.4, 0.5) is 0 Å². The zero-order valence-corrected chi connectivity index (χ0v) is 11.3. The van der Waals surface area contributed by atoms with Crippen LogP contribution in [-0.4, -0.2) is 25.8 Å². The van der Waals surface area contributed by atoms with Gasteiger partial charge in [-0.1, -0.05) is 32.4 Å². The van der Waals surface area contributed by atoms with E-state index in [0.717, 1.165) is 30.5 Å². The molecule has 100 valence electrons. The fourth-order valence-corrected chi connectivity index (χ4v) is 2.25. The average Bonchev–Trinajstić information content (AvgIpc) is 2.39. The Kier molecular flexibility index (Phi) is 4.88. The molecule has 2 atom stereocenters. The van der Waals surface area contributed by atoms with Gasteiger partial charge >= 0.3 is 0 Å². The minimum atomic E-state index is 0.119. The van der Waals surface area contributed by atoms with Crippen LogP contribution in [-0.2, 0) is 0 Å². The Morgan fingerprint density at radius 1 is 1.33 bits per heavy atom. The summed E-state index contributed by atoms with van der Waals surface area (Å²) >= 11 is 0. The van der Waals surface area contributed by atoms with Crippen molar-refractivity contribution in [3.8, 4) is 11.5 Å². The zero-order valence-electron chi connectivity index (χ0n) is 11.3. The molecule has 2 unspecified atom stereocenters. The minimum absolute atomic E-state index is 0.119. The number of fused-ring (bicyclic) bond motifs is 1. The summed E-state index contributed by atoms with van der Waals surface area (Å²) in [7, 11) is 0. The molecule has 2 rings (SSSR count). The second kappa shape index (κ2) is 6.64. The van der Waals surface area contributed by atoms with Gasteiger partial charge in [-0.05, 0) is 31.0 Å². The summed E-state index contributed by atoms with van der Waals surface area (Å²) in [5.41, 5.74) is 0. The van der Waals surface area contributed by atoms with E-state index in [1.807, 2.05) is 24.3 Å². The molecule has 0 aliphatic carbocycles. The van der Waals surface area contributed by atoms with Gasteiger partial charge in [0.05, 0.1) is 0 Å². The van der Waals surface area contributed by atoms with E-state index in [-0.39, 0.29) is 6.10 Å². The van der Waals surface area contributed by atoms with Crippen LogP contribution in [0.25, 0.3) is 0 Å². The molecule has 1 N–H and O–H groups in total. The van der Waals surface area contributed by atoms with E-state index >= 15 is 0 Å². The molecule has 0 saturated heterocycles. The average molecular weight is 249 g/mol. The standard InChI is InChI=1S/C15H23NO2/c1-3-6-12(2)9-16-10-13-11-17-14-7-4-5-8-15(14)18-13/h4-5,7-8,12-13,16H,3,6,9-11H2,1-2H3. The number of ether oxygens (including phenoxy) is 2. The van der Waals surface area contributed by atoms with Crippen molar-refractivity contribution in [2.45, 2.75) is 32.8 Å². The first kappa shape index (κ1) is 13.2. The summed E-state index contributed by atoms with van der Waals surface area (Å²) in [6.45, 7) is 7.04. The van der Waals surface area contributed by atoms with Crippen LogP contribution in [0.15, 0.2) is 24.3 Å². The lowest BCUT2D eigenvalue weighted by Crippen LogP contribution is -2.39. The molecular formula is C15H23NO2. The van der Waals surface area contributed by atoms with E-state index in [0.29, 0.717) is 6.61 Å². The van der Waals surface area contributed by atoms with Crippen LogP contribution in [0.1, 0.15) is 26.7 Å². The first-order valence-electron chi connectivity index (χ1n) is 6.88. The number of rotatable bonds is 6. The Morgan fingerprint density at radius 3 is 2.89 bits per heavy atom. The van der Waals surface area contributed by atoms with Gasteiger partial charge in [0.2, 0.25) is 0 Å². The number of benzene rings is 1. The van der Waals surface area contributed by atoms with Gasteiger partial charge in [0.15, 0.2) is 11.5 Å². The van der Waals surface area contributed by atoms with Crippen LogP contribution in [0, 0.1) is 5.92 Å². The van der Waals surface area contributed by atoms with Crippen molar-refractivity contribution >= 4 is 0 Å². The number of para-hydroxylation sites is 2. The monoisotopic (exact) mass is 249 g/mol. The SMILES string of the molecule is CCCC(C)CNCC1COc2ccccc2O1. The lowest BCUT2D eigenvalue weighted by atomic mass is 10.1. The van der Waals surface area contributed by atoms with Crippen molar-refractivity contribution in [3.05, 3.63) is 24.3 Å². The molecular weight excluding hydrogens is 226 g/mol. The highest BCUT2D eigenvalue weighted by Crippen LogP contribution is 2.30. The molecule has 0 bridgehead atoms. The summed E-state index contributed by atoms with van der Waals surface area (Å²) in [6, 6.07) is 7.85. The van der Waals surface area contributed by atoms with Gasteiger partial charge in [-0.25, -0.2) is 0 Å². The fourth-order valence-electron chi connectivity index (χ4n) is 2.25. The lowest BCUT2D eigenvalue weighted by molar-refractivity contribution is 0.0897. The Bertz CT molecular complexity index is 367. The van der Waals surface area contributed by atoms with Crippen molar-refractivity contribution in [2.24, 2.45) is 5.92 Å². The maximum Gasteiger partial charge on any atom is 0.161 e. The maximum atomic E-state index is 5.89. The van der Waals surface area contributed by atoms with Crippen molar-refractivity contribution in [1.82, 2.24) is 5.32 Å². The van der Waals surface area contributed by atoms with Crippen LogP contribution in [0.5, 0.6) is 11.5 Å². The van der Waals surface area contributed by atoms with Crippen molar-refractivity contribution in [3.63, 3.8) is 0 Å². The molecule has 1 aliphatic rings. The van der Waals surface area contributed by atoms with E-state index in [4.69, 9.17) is 9.47 Å². The van der Waals surface area contributed by atoms with Gasteiger partial charge in [-0.3, -0.25) is 0 Å². The molecule has 0 aromatic heterocycles. The van der Waals surface area contributed by atoms with Gasteiger partial charge in [0, 0.05) is 6.54 Å². The van der Waals surface area contributed by atoms with Crippen molar-refractivity contribution in [2.75, 3.05) is 19.7 Å². The Balaban J connectivity index is 1.73. The Morgan fingerprint density at radius 2 is 2.11 bits per heavy atom. The Hall–Kier alpha value is -1.22. The summed E-state index contributed by atoms with van der Waals surface area (Å²) < 4.78 is 11.6. The molecule has 1 heterocycles. The normalized spacial score (nSPS) is 19.6. The smallest absolute Gasteiger partial charge is 0.161 e. The molecule has 18 heavy (non-hydrogen) atoms.